The predicted molar refractivity (Wildman–Crippen MR) is 103 cm³/mol. The van der Waals surface area contributed by atoms with Crippen LogP contribution in [0.4, 0.5) is 5.69 Å². The monoisotopic (exact) mass is 444 g/mol. The van der Waals surface area contributed by atoms with Gasteiger partial charge in [0.2, 0.25) is 0 Å². The Morgan fingerprint density at radius 1 is 1.32 bits per heavy atom. The summed E-state index contributed by atoms with van der Waals surface area (Å²) in [7, 11) is -2.08. The van der Waals surface area contributed by atoms with E-state index in [0.29, 0.717) is 22.5 Å². The van der Waals surface area contributed by atoms with Gasteiger partial charge in [0.15, 0.2) is 6.61 Å². The molecule has 0 aliphatic heterocycles. The van der Waals surface area contributed by atoms with Crippen LogP contribution in [0.15, 0.2) is 57.0 Å². The first-order chi connectivity index (χ1) is 11.8. The summed E-state index contributed by atoms with van der Waals surface area (Å²) in [5.74, 6) is 0.195. The average molecular weight is 445 g/mol. The molecule has 0 aliphatic rings. The second-order valence-electron chi connectivity index (χ2n) is 4.98. The molecule has 0 radical (unpaired) electrons. The van der Waals surface area contributed by atoms with Gasteiger partial charge in [-0.1, -0.05) is 28.6 Å². The second-order valence-corrected chi connectivity index (χ2v) is 9.25. The largest absolute Gasteiger partial charge is 0.484 e. The maximum atomic E-state index is 12.5. The molecule has 0 saturated carbocycles. The Balaban J connectivity index is 1.98. The van der Waals surface area contributed by atoms with Gasteiger partial charge in [0, 0.05) is 18.1 Å². The summed E-state index contributed by atoms with van der Waals surface area (Å²) in [4.78, 5) is 11.6. The van der Waals surface area contributed by atoms with Crippen LogP contribution in [0.25, 0.3) is 0 Å². The summed E-state index contributed by atoms with van der Waals surface area (Å²) in [5, 5.41) is 4.34. The summed E-state index contributed by atoms with van der Waals surface area (Å²) in [6.07, 6.45) is 0. The van der Waals surface area contributed by atoms with Crippen molar-refractivity contribution in [3.05, 3.63) is 52.8 Å². The molecule has 0 saturated heterocycles. The van der Waals surface area contributed by atoms with E-state index in [2.05, 4.69) is 27.8 Å². The van der Waals surface area contributed by atoms with Crippen LogP contribution in [0, 0.1) is 0 Å². The Labute approximate surface area is 159 Å². The van der Waals surface area contributed by atoms with Gasteiger partial charge in [0.1, 0.15) is 9.96 Å². The number of hydrogen-bond donors (Lipinski definition) is 1. The van der Waals surface area contributed by atoms with Crippen molar-refractivity contribution in [1.82, 2.24) is 5.32 Å². The lowest BCUT2D eigenvalue weighted by molar-refractivity contribution is -0.122. The average Bonchev–Trinajstić information content (AvgIpc) is 3.13. The van der Waals surface area contributed by atoms with Crippen molar-refractivity contribution in [2.75, 3.05) is 24.5 Å². The summed E-state index contributed by atoms with van der Waals surface area (Å²) in [6, 6.07) is 9.74. The molecule has 1 aromatic carbocycles. The van der Waals surface area contributed by atoms with Gasteiger partial charge in [-0.05, 0) is 35.7 Å². The van der Waals surface area contributed by atoms with Crippen LogP contribution in [-0.2, 0) is 14.8 Å². The molecule has 0 bridgehead atoms. The van der Waals surface area contributed by atoms with Gasteiger partial charge in [-0.25, -0.2) is 8.42 Å². The minimum atomic E-state index is -3.57. The third-order valence-electron chi connectivity index (χ3n) is 3.16. The fraction of sp³-hybridized carbons (Fsp3) is 0.188. The Hall–Kier alpha value is -1.84. The van der Waals surface area contributed by atoms with Gasteiger partial charge in [-0.2, -0.15) is 0 Å². The van der Waals surface area contributed by atoms with E-state index in [1.807, 2.05) is 0 Å². The molecule has 9 heteroatoms. The molecule has 134 valence electrons. The number of rotatable bonds is 8. The number of ether oxygens (including phenoxy) is 1. The van der Waals surface area contributed by atoms with Crippen LogP contribution in [0.3, 0.4) is 0 Å². The van der Waals surface area contributed by atoms with Crippen LogP contribution < -0.4 is 14.4 Å². The SMILES string of the molecule is C=C(Br)CNC(=O)COc1ccc(N(C)S(=O)(=O)c2cccs2)cc1. The molecule has 1 amide bonds. The van der Waals surface area contributed by atoms with Crippen LogP contribution in [0.5, 0.6) is 5.75 Å². The fourth-order valence-corrected chi connectivity index (χ4v) is 4.33. The predicted octanol–water partition coefficient (Wildman–Crippen LogP) is 2.98. The number of amides is 1. The number of nitrogens with zero attached hydrogens (tertiary/aromatic N) is 1. The van der Waals surface area contributed by atoms with E-state index in [1.165, 1.54) is 22.7 Å². The van der Waals surface area contributed by atoms with Crippen molar-refractivity contribution >= 4 is 48.9 Å². The Morgan fingerprint density at radius 3 is 2.56 bits per heavy atom. The molecule has 0 atom stereocenters. The molecule has 6 nitrogen and oxygen atoms in total. The Bertz CT molecular complexity index is 834. The van der Waals surface area contributed by atoms with E-state index in [0.717, 1.165) is 0 Å². The van der Waals surface area contributed by atoms with Crippen molar-refractivity contribution in [2.24, 2.45) is 0 Å². The summed E-state index contributed by atoms with van der Waals surface area (Å²) in [6.45, 7) is 3.81. The van der Waals surface area contributed by atoms with E-state index in [-0.39, 0.29) is 16.7 Å². The van der Waals surface area contributed by atoms with E-state index >= 15 is 0 Å². The smallest absolute Gasteiger partial charge is 0.273 e. The number of carbonyl (C=O) groups is 1. The summed E-state index contributed by atoms with van der Waals surface area (Å²) < 4.78 is 32.4. The van der Waals surface area contributed by atoms with E-state index in [9.17, 15) is 13.2 Å². The van der Waals surface area contributed by atoms with Crippen molar-refractivity contribution in [2.45, 2.75) is 4.21 Å². The third kappa shape index (κ3) is 5.32. The number of anilines is 1. The number of nitrogens with one attached hydrogen (secondary N) is 1. The molecule has 1 N–H and O–H groups in total. The highest BCUT2D eigenvalue weighted by Crippen LogP contribution is 2.26. The zero-order valence-electron chi connectivity index (χ0n) is 13.4. The number of benzene rings is 1. The quantitative estimate of drug-likeness (QED) is 0.678. The first-order valence-corrected chi connectivity index (χ1v) is 10.3. The van der Waals surface area contributed by atoms with E-state index in [4.69, 9.17) is 4.74 Å². The molecule has 0 fully saturated rings. The van der Waals surface area contributed by atoms with Gasteiger partial charge < -0.3 is 10.1 Å². The van der Waals surface area contributed by atoms with Crippen molar-refractivity contribution in [3.63, 3.8) is 0 Å². The Morgan fingerprint density at radius 2 is 2.00 bits per heavy atom. The molecule has 0 spiro atoms. The highest BCUT2D eigenvalue weighted by atomic mass is 79.9. The van der Waals surface area contributed by atoms with Crippen molar-refractivity contribution in [3.8, 4) is 5.75 Å². The zero-order valence-corrected chi connectivity index (χ0v) is 16.7. The van der Waals surface area contributed by atoms with Gasteiger partial charge in [-0.15, -0.1) is 11.3 Å². The van der Waals surface area contributed by atoms with E-state index in [1.54, 1.807) is 41.8 Å². The van der Waals surface area contributed by atoms with Crippen LogP contribution >= 0.6 is 27.3 Å². The molecule has 2 aromatic rings. The number of hydrogen-bond acceptors (Lipinski definition) is 5. The normalized spacial score (nSPS) is 11.0. The molecule has 0 unspecified atom stereocenters. The van der Waals surface area contributed by atoms with Crippen LogP contribution in [0.2, 0.25) is 0 Å². The minimum Gasteiger partial charge on any atom is -0.484 e. The molecule has 1 aromatic heterocycles. The topological polar surface area (TPSA) is 75.7 Å². The van der Waals surface area contributed by atoms with Gasteiger partial charge >= 0.3 is 0 Å². The van der Waals surface area contributed by atoms with Gasteiger partial charge in [0.25, 0.3) is 15.9 Å². The number of thiophene rings is 1. The highest BCUT2D eigenvalue weighted by molar-refractivity contribution is 9.11. The molecular weight excluding hydrogens is 428 g/mol. The first kappa shape index (κ1) is 19.5. The molecule has 1 heterocycles. The lowest BCUT2D eigenvalue weighted by Crippen LogP contribution is -2.29. The maximum absolute atomic E-state index is 12.5. The number of halogens is 1. The first-order valence-electron chi connectivity index (χ1n) is 7.16. The van der Waals surface area contributed by atoms with Gasteiger partial charge in [-0.3, -0.25) is 9.10 Å². The maximum Gasteiger partial charge on any atom is 0.273 e. The van der Waals surface area contributed by atoms with Crippen molar-refractivity contribution in [1.29, 1.82) is 0 Å². The van der Waals surface area contributed by atoms with E-state index < -0.39 is 10.0 Å². The van der Waals surface area contributed by atoms with Crippen LogP contribution in [-0.4, -0.2) is 34.5 Å². The molecule has 2 rings (SSSR count). The molecular formula is C16H17BrN2O4S2. The lowest BCUT2D eigenvalue weighted by atomic mass is 10.3. The van der Waals surface area contributed by atoms with Gasteiger partial charge in [0.05, 0.1) is 5.69 Å². The Kier molecular flexibility index (Phi) is 6.63. The summed E-state index contributed by atoms with van der Waals surface area (Å²) in [5.41, 5.74) is 0.501. The standard InChI is InChI=1S/C16H17BrN2O4S2/c1-12(17)10-18-15(20)11-23-14-7-5-13(6-8-14)19(2)25(21,22)16-4-3-9-24-16/h3-9H,1,10-11H2,2H3,(H,18,20). The fourth-order valence-electron chi connectivity index (χ4n) is 1.83. The number of sulfonamides is 1. The molecule has 25 heavy (non-hydrogen) atoms. The molecule has 0 aliphatic carbocycles. The zero-order chi connectivity index (χ0) is 18.4. The number of carbonyl (C=O) groups excluding carboxylic acids is 1. The lowest BCUT2D eigenvalue weighted by Gasteiger charge is -2.18. The highest BCUT2D eigenvalue weighted by Gasteiger charge is 2.22. The minimum absolute atomic E-state index is 0.136. The second kappa shape index (κ2) is 8.50. The van der Waals surface area contributed by atoms with Crippen molar-refractivity contribution < 1.29 is 17.9 Å². The third-order valence-corrected chi connectivity index (χ3v) is 6.60. The van der Waals surface area contributed by atoms with Crippen LogP contribution in [0.1, 0.15) is 0 Å². The summed E-state index contributed by atoms with van der Waals surface area (Å²) >= 11 is 4.31.